The van der Waals surface area contributed by atoms with E-state index in [4.69, 9.17) is 4.52 Å². The van der Waals surface area contributed by atoms with Gasteiger partial charge in [0.1, 0.15) is 5.75 Å². The van der Waals surface area contributed by atoms with Crippen molar-refractivity contribution in [1.82, 2.24) is 20.0 Å². The van der Waals surface area contributed by atoms with Crippen LogP contribution < -0.4 is 4.74 Å². The predicted molar refractivity (Wildman–Crippen MR) is 89.3 cm³/mol. The van der Waals surface area contributed by atoms with Crippen LogP contribution in [0, 0.1) is 0 Å². The number of pyridine rings is 1. The van der Waals surface area contributed by atoms with Crippen LogP contribution >= 0.6 is 0 Å². The molecule has 0 saturated carbocycles. The molecule has 0 unspecified atom stereocenters. The molecule has 0 spiro atoms. The van der Waals surface area contributed by atoms with E-state index in [1.165, 1.54) is 12.1 Å². The molecule has 0 bridgehead atoms. The van der Waals surface area contributed by atoms with Gasteiger partial charge in [0.25, 0.3) is 5.91 Å². The number of hydrogen-bond acceptors (Lipinski definition) is 6. The number of hydrogen-bond donors (Lipinski definition) is 0. The zero-order valence-electron chi connectivity index (χ0n) is 14.3. The van der Waals surface area contributed by atoms with Crippen LogP contribution in [-0.4, -0.2) is 45.4 Å². The summed E-state index contributed by atoms with van der Waals surface area (Å²) in [6.45, 7) is 0.766. The van der Waals surface area contributed by atoms with Gasteiger partial charge in [-0.15, -0.1) is 13.2 Å². The molecule has 3 heterocycles. The van der Waals surface area contributed by atoms with Crippen LogP contribution in [0.15, 0.2) is 53.3 Å². The monoisotopic (exact) mass is 390 g/mol. The molecule has 0 radical (unpaired) electrons. The molecule has 1 aliphatic heterocycles. The van der Waals surface area contributed by atoms with Crippen LogP contribution in [0.25, 0.3) is 11.4 Å². The third-order valence-electron chi connectivity index (χ3n) is 4.21. The van der Waals surface area contributed by atoms with E-state index in [1.807, 2.05) is 6.07 Å². The number of ether oxygens (including phenoxy) is 1. The van der Waals surface area contributed by atoms with Gasteiger partial charge in [-0.05, 0) is 36.4 Å². The number of likely N-dealkylation sites (tertiary alicyclic amines) is 1. The lowest BCUT2D eigenvalue weighted by Gasteiger charge is -2.37. The molecular formula is C18H13F3N4O3. The zero-order valence-corrected chi connectivity index (χ0v) is 14.3. The van der Waals surface area contributed by atoms with Crippen molar-refractivity contribution in [2.24, 2.45) is 0 Å². The first-order valence-corrected chi connectivity index (χ1v) is 8.28. The standard InChI is InChI=1S/C18H13F3N4O3/c19-18(20,21)27-14-5-3-11(4-6-14)17(26)25-9-13(10-25)16-23-15(24-28-16)12-2-1-7-22-8-12/h1-8,13H,9-10H2. The molecule has 1 fully saturated rings. The van der Waals surface area contributed by atoms with Gasteiger partial charge in [-0.1, -0.05) is 5.16 Å². The van der Waals surface area contributed by atoms with E-state index >= 15 is 0 Å². The van der Waals surface area contributed by atoms with Gasteiger partial charge in [-0.3, -0.25) is 9.78 Å². The molecule has 28 heavy (non-hydrogen) atoms. The third-order valence-corrected chi connectivity index (χ3v) is 4.21. The van der Waals surface area contributed by atoms with Gasteiger partial charge in [0.05, 0.1) is 5.92 Å². The van der Waals surface area contributed by atoms with Crippen molar-refractivity contribution in [2.75, 3.05) is 13.1 Å². The molecule has 1 aliphatic rings. The van der Waals surface area contributed by atoms with E-state index in [1.54, 1.807) is 23.4 Å². The first kappa shape index (κ1) is 18.0. The highest BCUT2D eigenvalue weighted by molar-refractivity contribution is 5.95. The van der Waals surface area contributed by atoms with Crippen molar-refractivity contribution in [1.29, 1.82) is 0 Å². The molecule has 7 nitrogen and oxygen atoms in total. The number of alkyl halides is 3. The van der Waals surface area contributed by atoms with E-state index in [9.17, 15) is 18.0 Å². The van der Waals surface area contributed by atoms with E-state index in [-0.39, 0.29) is 23.1 Å². The summed E-state index contributed by atoms with van der Waals surface area (Å²) in [4.78, 5) is 22.3. The number of benzene rings is 1. The van der Waals surface area contributed by atoms with E-state index in [2.05, 4.69) is 19.9 Å². The minimum atomic E-state index is -4.77. The summed E-state index contributed by atoms with van der Waals surface area (Å²) < 4.78 is 45.6. The normalized spacial score (nSPS) is 14.6. The zero-order chi connectivity index (χ0) is 19.7. The second-order valence-corrected chi connectivity index (χ2v) is 6.18. The molecule has 0 atom stereocenters. The summed E-state index contributed by atoms with van der Waals surface area (Å²) in [6, 6.07) is 8.38. The summed E-state index contributed by atoms with van der Waals surface area (Å²) >= 11 is 0. The molecule has 1 amide bonds. The number of carbonyl (C=O) groups excluding carboxylic acids is 1. The first-order valence-electron chi connectivity index (χ1n) is 8.28. The molecule has 10 heteroatoms. The lowest BCUT2D eigenvalue weighted by molar-refractivity contribution is -0.274. The second kappa shape index (κ2) is 6.95. The molecule has 1 aromatic carbocycles. The number of halogens is 3. The highest BCUT2D eigenvalue weighted by atomic mass is 19.4. The van der Waals surface area contributed by atoms with Crippen LogP contribution in [0.2, 0.25) is 0 Å². The Morgan fingerprint density at radius 2 is 1.93 bits per heavy atom. The Morgan fingerprint density at radius 3 is 2.57 bits per heavy atom. The smallest absolute Gasteiger partial charge is 0.406 e. The molecule has 2 aromatic heterocycles. The summed E-state index contributed by atoms with van der Waals surface area (Å²) in [7, 11) is 0. The van der Waals surface area contributed by atoms with Gasteiger partial charge in [-0.2, -0.15) is 4.98 Å². The summed E-state index contributed by atoms with van der Waals surface area (Å²) in [5, 5.41) is 3.92. The maximum atomic E-state index is 12.4. The van der Waals surface area contributed by atoms with Gasteiger partial charge < -0.3 is 14.2 Å². The highest BCUT2D eigenvalue weighted by Gasteiger charge is 2.36. The van der Waals surface area contributed by atoms with Crippen molar-refractivity contribution in [2.45, 2.75) is 12.3 Å². The minimum Gasteiger partial charge on any atom is -0.406 e. The van der Waals surface area contributed by atoms with E-state index in [0.717, 1.165) is 17.7 Å². The van der Waals surface area contributed by atoms with Crippen molar-refractivity contribution < 1.29 is 27.2 Å². The number of carbonyl (C=O) groups is 1. The predicted octanol–water partition coefficient (Wildman–Crippen LogP) is 3.27. The van der Waals surface area contributed by atoms with Crippen molar-refractivity contribution in [3.8, 4) is 17.1 Å². The Labute approximate surface area is 156 Å². The molecular weight excluding hydrogens is 377 g/mol. The molecule has 4 rings (SSSR count). The summed E-state index contributed by atoms with van der Waals surface area (Å²) in [5.74, 6) is 0.0980. The molecule has 144 valence electrons. The Kier molecular flexibility index (Phi) is 4.46. The topological polar surface area (TPSA) is 81.4 Å². The highest BCUT2D eigenvalue weighted by Crippen LogP contribution is 2.29. The SMILES string of the molecule is O=C(c1ccc(OC(F)(F)F)cc1)N1CC(c2nc(-c3cccnc3)no2)C1. The van der Waals surface area contributed by atoms with E-state index in [0.29, 0.717) is 24.8 Å². The number of rotatable bonds is 4. The van der Waals surface area contributed by atoms with Gasteiger partial charge in [0.15, 0.2) is 0 Å². The van der Waals surface area contributed by atoms with Gasteiger partial charge in [0.2, 0.25) is 11.7 Å². The summed E-state index contributed by atoms with van der Waals surface area (Å²) in [6.07, 6.45) is -1.51. The van der Waals surface area contributed by atoms with Crippen molar-refractivity contribution in [3.63, 3.8) is 0 Å². The van der Waals surface area contributed by atoms with Crippen molar-refractivity contribution >= 4 is 5.91 Å². The van der Waals surface area contributed by atoms with Gasteiger partial charge in [-0.25, -0.2) is 0 Å². The Balaban J connectivity index is 1.36. The maximum absolute atomic E-state index is 12.4. The van der Waals surface area contributed by atoms with Crippen LogP contribution in [0.4, 0.5) is 13.2 Å². The quantitative estimate of drug-likeness (QED) is 0.680. The second-order valence-electron chi connectivity index (χ2n) is 6.18. The lowest BCUT2D eigenvalue weighted by atomic mass is 9.98. The molecule has 0 N–H and O–H groups in total. The largest absolute Gasteiger partial charge is 0.573 e. The van der Waals surface area contributed by atoms with Gasteiger partial charge in [0, 0.05) is 36.6 Å². The fraction of sp³-hybridized carbons (Fsp3) is 0.222. The van der Waals surface area contributed by atoms with Crippen LogP contribution in [-0.2, 0) is 0 Å². The van der Waals surface area contributed by atoms with Crippen molar-refractivity contribution in [3.05, 3.63) is 60.2 Å². The Morgan fingerprint density at radius 1 is 1.18 bits per heavy atom. The molecule has 0 aliphatic carbocycles. The Bertz CT molecular complexity index is 968. The van der Waals surface area contributed by atoms with Gasteiger partial charge >= 0.3 is 6.36 Å². The number of aromatic nitrogens is 3. The number of amides is 1. The van der Waals surface area contributed by atoms with Crippen LogP contribution in [0.1, 0.15) is 22.2 Å². The Hall–Kier alpha value is -3.43. The fourth-order valence-corrected chi connectivity index (χ4v) is 2.80. The number of nitrogens with zero attached hydrogens (tertiary/aromatic N) is 4. The fourth-order valence-electron chi connectivity index (χ4n) is 2.80. The summed E-state index contributed by atoms with van der Waals surface area (Å²) in [5.41, 5.74) is 1.00. The molecule has 1 saturated heterocycles. The lowest BCUT2D eigenvalue weighted by Crippen LogP contribution is -2.48. The van der Waals surface area contributed by atoms with Crippen LogP contribution in [0.3, 0.4) is 0 Å². The molecule has 3 aromatic rings. The maximum Gasteiger partial charge on any atom is 0.573 e. The van der Waals surface area contributed by atoms with Crippen LogP contribution in [0.5, 0.6) is 5.75 Å². The van der Waals surface area contributed by atoms with E-state index < -0.39 is 6.36 Å². The average molecular weight is 390 g/mol. The minimum absolute atomic E-state index is 0.0882. The first-order chi connectivity index (χ1) is 13.4. The third kappa shape index (κ3) is 3.80. The average Bonchev–Trinajstić information content (AvgIpc) is 3.10.